The van der Waals surface area contributed by atoms with Crippen LogP contribution in [0.4, 0.5) is 13.2 Å². The molecule has 0 bridgehead atoms. The van der Waals surface area contributed by atoms with E-state index in [2.05, 4.69) is 14.6 Å². The third kappa shape index (κ3) is 4.78. The Labute approximate surface area is 192 Å². The molecule has 184 valence electrons. The number of sulfonamides is 1. The van der Waals surface area contributed by atoms with Gasteiger partial charge in [0.15, 0.2) is 12.1 Å². The van der Waals surface area contributed by atoms with E-state index in [9.17, 15) is 31.5 Å². The summed E-state index contributed by atoms with van der Waals surface area (Å²) in [4.78, 5) is 10.5. The predicted octanol–water partition coefficient (Wildman–Crippen LogP) is 2.86. The summed E-state index contributed by atoms with van der Waals surface area (Å²) in [7, 11) is -3.82. The lowest BCUT2D eigenvalue weighted by atomic mass is 9.88. The Morgan fingerprint density at radius 2 is 1.74 bits per heavy atom. The lowest BCUT2D eigenvalue weighted by molar-refractivity contribution is -0.0815. The zero-order chi connectivity index (χ0) is 25.4. The van der Waals surface area contributed by atoms with E-state index in [1.807, 2.05) is 5.10 Å². The molecule has 1 aromatic heterocycles. The number of methoxy groups -OCH3 is 1. The van der Waals surface area contributed by atoms with Crippen LogP contribution < -0.4 is 10.5 Å². The molecule has 9 nitrogen and oxygen atoms in total. The van der Waals surface area contributed by atoms with Crippen molar-refractivity contribution in [3.63, 3.8) is 0 Å². The van der Waals surface area contributed by atoms with Gasteiger partial charge < -0.3 is 14.3 Å². The second-order valence-corrected chi connectivity index (χ2v) is 9.29. The average Bonchev–Trinajstić information content (AvgIpc) is 3.20. The topological polar surface area (TPSA) is 135 Å². The highest BCUT2D eigenvalue weighted by atomic mass is 32.2. The molecule has 0 aliphatic carbocycles. The lowest BCUT2D eigenvalue weighted by Gasteiger charge is -2.25. The number of aliphatic hydroxyl groups is 1. The summed E-state index contributed by atoms with van der Waals surface area (Å²) in [5.74, 6) is -5.88. The molecule has 1 unspecified atom stereocenters. The quantitative estimate of drug-likeness (QED) is 0.404. The van der Waals surface area contributed by atoms with E-state index in [0.717, 1.165) is 12.7 Å². The number of hydrogen-bond acceptors (Lipinski definition) is 7. The fraction of sp³-hybridized carbons (Fsp3) is 0.333. The van der Waals surface area contributed by atoms with Crippen LogP contribution in [0.1, 0.15) is 53.3 Å². The van der Waals surface area contributed by atoms with Gasteiger partial charge in [-0.2, -0.15) is 4.72 Å². The first-order chi connectivity index (χ1) is 15.9. The SMILES string of the molecule is COC(O)c1c(F)ccc(S(=O)(=O)N[C@H](c2n[nH]c(=O)o2)[C@H](C)c2c(F)ccc(C)c2C)c1F. The summed E-state index contributed by atoms with van der Waals surface area (Å²) in [6.07, 6.45) is -2.07. The summed E-state index contributed by atoms with van der Waals surface area (Å²) < 4.78 is 81.7. The standard InChI is InChI=1S/C21H22F3N3O6S/c1-9-5-6-12(22)15(10(9)2)11(3)18(19-25-26-21(29)33-19)27-34(30,31)14-8-7-13(23)16(17(14)24)20(28)32-4/h5-8,11,18,20,27-28H,1-4H3,(H,26,29)/t11-,18+,20?/m1/s1. The molecule has 13 heteroatoms. The van der Waals surface area contributed by atoms with Gasteiger partial charge in [0.25, 0.3) is 0 Å². The number of hydrogen-bond donors (Lipinski definition) is 3. The largest absolute Gasteiger partial charge is 0.434 e. The van der Waals surface area contributed by atoms with E-state index in [0.29, 0.717) is 17.7 Å². The number of aromatic nitrogens is 2. The number of benzene rings is 2. The van der Waals surface area contributed by atoms with E-state index >= 15 is 0 Å². The van der Waals surface area contributed by atoms with Crippen molar-refractivity contribution in [2.75, 3.05) is 7.11 Å². The van der Waals surface area contributed by atoms with Crippen LogP contribution in [0.2, 0.25) is 0 Å². The number of aliphatic hydroxyl groups excluding tert-OH is 1. The Morgan fingerprint density at radius 3 is 2.32 bits per heavy atom. The normalized spacial score (nSPS) is 14.7. The molecule has 0 aliphatic heterocycles. The Balaban J connectivity index is 2.14. The molecular weight excluding hydrogens is 479 g/mol. The van der Waals surface area contributed by atoms with Crippen LogP contribution in [0, 0.1) is 31.3 Å². The predicted molar refractivity (Wildman–Crippen MR) is 113 cm³/mol. The summed E-state index contributed by atoms with van der Waals surface area (Å²) in [5.41, 5.74) is 0.347. The van der Waals surface area contributed by atoms with Crippen molar-refractivity contribution in [2.45, 2.75) is 43.9 Å². The van der Waals surface area contributed by atoms with Crippen LogP contribution in [0.3, 0.4) is 0 Å². The number of aryl methyl sites for hydroxylation is 1. The lowest BCUT2D eigenvalue weighted by Crippen LogP contribution is -2.33. The molecule has 0 radical (unpaired) electrons. The maximum absolute atomic E-state index is 15.0. The van der Waals surface area contributed by atoms with Crippen molar-refractivity contribution in [1.29, 1.82) is 0 Å². The van der Waals surface area contributed by atoms with E-state index in [1.165, 1.54) is 13.0 Å². The highest BCUT2D eigenvalue weighted by Crippen LogP contribution is 2.36. The summed E-state index contributed by atoms with van der Waals surface area (Å²) >= 11 is 0. The fourth-order valence-electron chi connectivity index (χ4n) is 3.60. The molecule has 3 rings (SSSR count). The van der Waals surface area contributed by atoms with Crippen molar-refractivity contribution in [1.82, 2.24) is 14.9 Å². The van der Waals surface area contributed by atoms with E-state index in [4.69, 9.17) is 4.42 Å². The molecule has 0 amide bonds. The molecular formula is C21H22F3N3O6S. The van der Waals surface area contributed by atoms with Crippen molar-refractivity contribution in [3.8, 4) is 0 Å². The Kier molecular flexibility index (Phi) is 7.31. The van der Waals surface area contributed by atoms with Crippen LogP contribution in [0.25, 0.3) is 0 Å². The van der Waals surface area contributed by atoms with Gasteiger partial charge in [0.2, 0.25) is 15.9 Å². The smallest absolute Gasteiger partial charge is 0.391 e. The van der Waals surface area contributed by atoms with Gasteiger partial charge in [-0.3, -0.25) is 0 Å². The van der Waals surface area contributed by atoms with Crippen LogP contribution in [0.15, 0.2) is 38.4 Å². The second kappa shape index (κ2) is 9.70. The van der Waals surface area contributed by atoms with Gasteiger partial charge in [-0.25, -0.2) is 31.5 Å². The minimum atomic E-state index is -4.80. The van der Waals surface area contributed by atoms with Gasteiger partial charge in [-0.15, -0.1) is 5.10 Å². The monoisotopic (exact) mass is 501 g/mol. The molecule has 34 heavy (non-hydrogen) atoms. The van der Waals surface area contributed by atoms with Crippen LogP contribution in [-0.2, 0) is 14.8 Å². The Bertz CT molecular complexity index is 1370. The maximum atomic E-state index is 15.0. The maximum Gasteiger partial charge on any atom is 0.434 e. The molecule has 3 aromatic rings. The zero-order valence-electron chi connectivity index (χ0n) is 18.5. The van der Waals surface area contributed by atoms with E-state index in [1.54, 1.807) is 19.9 Å². The molecule has 0 fully saturated rings. The molecule has 0 spiro atoms. The molecule has 1 heterocycles. The van der Waals surface area contributed by atoms with Gasteiger partial charge in [0, 0.05) is 13.0 Å². The van der Waals surface area contributed by atoms with Crippen molar-refractivity contribution >= 4 is 10.0 Å². The van der Waals surface area contributed by atoms with E-state index < -0.39 is 67.8 Å². The van der Waals surface area contributed by atoms with Crippen LogP contribution in [0.5, 0.6) is 0 Å². The highest BCUT2D eigenvalue weighted by molar-refractivity contribution is 7.89. The number of H-pyrrole nitrogens is 1. The van der Waals surface area contributed by atoms with Gasteiger partial charge in [0.1, 0.15) is 22.6 Å². The molecule has 0 saturated heterocycles. The van der Waals surface area contributed by atoms with Gasteiger partial charge in [-0.05, 0) is 48.7 Å². The Hall–Kier alpha value is -3.00. The number of rotatable bonds is 8. The number of nitrogens with zero attached hydrogens (tertiary/aromatic N) is 1. The number of nitrogens with one attached hydrogen (secondary N) is 2. The molecule has 3 N–H and O–H groups in total. The van der Waals surface area contributed by atoms with Crippen LogP contribution >= 0.6 is 0 Å². The number of halogens is 3. The van der Waals surface area contributed by atoms with Crippen LogP contribution in [-0.4, -0.2) is 30.8 Å². The number of ether oxygens (including phenoxy) is 1. The molecule has 2 aromatic carbocycles. The van der Waals surface area contributed by atoms with Gasteiger partial charge >= 0.3 is 5.76 Å². The summed E-state index contributed by atoms with van der Waals surface area (Å²) in [6, 6.07) is 2.58. The average molecular weight is 501 g/mol. The second-order valence-electron chi connectivity index (χ2n) is 7.60. The van der Waals surface area contributed by atoms with E-state index in [-0.39, 0.29) is 5.56 Å². The van der Waals surface area contributed by atoms with Gasteiger partial charge in [0.05, 0.1) is 5.56 Å². The summed E-state index contributed by atoms with van der Waals surface area (Å²) in [5, 5.41) is 15.4. The first kappa shape index (κ1) is 25.6. The molecule has 0 aliphatic rings. The first-order valence-electron chi connectivity index (χ1n) is 9.91. The Morgan fingerprint density at radius 1 is 1.12 bits per heavy atom. The fourth-order valence-corrected chi connectivity index (χ4v) is 4.96. The minimum absolute atomic E-state index is 0.119. The highest BCUT2D eigenvalue weighted by Gasteiger charge is 2.35. The first-order valence-corrected chi connectivity index (χ1v) is 11.4. The van der Waals surface area contributed by atoms with Crippen molar-refractivity contribution < 1.29 is 35.8 Å². The molecule has 3 atom stereocenters. The van der Waals surface area contributed by atoms with Crippen molar-refractivity contribution in [2.24, 2.45) is 0 Å². The third-order valence-corrected chi connectivity index (χ3v) is 7.00. The minimum Gasteiger partial charge on any atom is -0.391 e. The molecule has 0 saturated carbocycles. The number of aromatic amines is 1. The van der Waals surface area contributed by atoms with Crippen molar-refractivity contribution in [3.05, 3.63) is 80.4 Å². The summed E-state index contributed by atoms with van der Waals surface area (Å²) in [6.45, 7) is 4.83. The zero-order valence-corrected chi connectivity index (χ0v) is 19.3. The third-order valence-electron chi connectivity index (χ3n) is 5.54. The van der Waals surface area contributed by atoms with Gasteiger partial charge in [-0.1, -0.05) is 13.0 Å².